The van der Waals surface area contributed by atoms with E-state index < -0.39 is 91.9 Å². The van der Waals surface area contributed by atoms with Gasteiger partial charge < -0.3 is 52.1 Å². The number of esters is 4. The molecule has 472 valence electrons. The largest absolute Gasteiger partial charge is 0.463 e. The van der Waals surface area contributed by atoms with Crippen LogP contribution in [0.1, 0.15) is 170 Å². The number of carbonyl (C=O) groups is 4. The van der Waals surface area contributed by atoms with E-state index in [0.29, 0.717) is 35.2 Å². The zero-order valence-corrected chi connectivity index (χ0v) is 53.3. The highest BCUT2D eigenvalue weighted by Gasteiger charge is 2.71. The van der Waals surface area contributed by atoms with E-state index in [-0.39, 0.29) is 53.5 Å². The first kappa shape index (κ1) is 64.3. The van der Waals surface area contributed by atoms with Gasteiger partial charge in [0.2, 0.25) is 0 Å². The molecule has 0 unspecified atom stereocenters. The molecular weight excluding hydrogens is 1090 g/mol. The van der Waals surface area contributed by atoms with Gasteiger partial charge in [0.05, 0.1) is 32.5 Å². The van der Waals surface area contributed by atoms with E-state index in [4.69, 9.17) is 52.1 Å². The van der Waals surface area contributed by atoms with Crippen molar-refractivity contribution in [2.75, 3.05) is 13.2 Å². The van der Waals surface area contributed by atoms with Gasteiger partial charge in [0.1, 0.15) is 37.1 Å². The molecule has 0 aromatic heterocycles. The number of benzene rings is 3. The zero-order valence-electron chi connectivity index (χ0n) is 53.3. The third kappa shape index (κ3) is 13.1. The summed E-state index contributed by atoms with van der Waals surface area (Å²) in [6, 6.07) is 29.6. The van der Waals surface area contributed by atoms with Gasteiger partial charge in [-0.25, -0.2) is 0 Å². The summed E-state index contributed by atoms with van der Waals surface area (Å²) in [6.45, 7) is 25.7. The van der Waals surface area contributed by atoms with Crippen molar-refractivity contribution in [3.63, 3.8) is 0 Å². The molecule has 15 nitrogen and oxygen atoms in total. The molecule has 0 bridgehead atoms. The van der Waals surface area contributed by atoms with Crippen LogP contribution >= 0.6 is 0 Å². The number of hydrogen-bond donors (Lipinski definition) is 0. The topological polar surface area (TPSA) is 170 Å². The van der Waals surface area contributed by atoms with Crippen molar-refractivity contribution in [1.82, 2.24) is 0 Å². The molecule has 20 atom stereocenters. The quantitative estimate of drug-likeness (QED) is 0.0630. The minimum Gasteiger partial charge on any atom is -0.463 e. The Morgan fingerprint density at radius 3 is 1.57 bits per heavy atom. The fourth-order valence-electron chi connectivity index (χ4n) is 18.2. The van der Waals surface area contributed by atoms with Crippen LogP contribution in [0.3, 0.4) is 0 Å². The Hall–Kier alpha value is -4.74. The molecule has 3 aromatic rings. The molecule has 7 aliphatic rings. The fraction of sp³-hybridized carbons (Fsp3) is 0.690. The molecule has 0 amide bonds. The van der Waals surface area contributed by atoms with Gasteiger partial charge in [-0.2, -0.15) is 0 Å². The van der Waals surface area contributed by atoms with Crippen LogP contribution < -0.4 is 0 Å². The van der Waals surface area contributed by atoms with E-state index in [1.165, 1.54) is 79.1 Å². The maximum Gasteiger partial charge on any atom is 0.303 e. The highest BCUT2D eigenvalue weighted by Crippen LogP contribution is 2.78. The molecule has 5 aliphatic carbocycles. The summed E-state index contributed by atoms with van der Waals surface area (Å²) in [5, 5.41) is 0. The van der Waals surface area contributed by atoms with E-state index in [1.54, 1.807) is 0 Å². The molecule has 15 heteroatoms. The molecule has 7 fully saturated rings. The van der Waals surface area contributed by atoms with Crippen LogP contribution in [0.15, 0.2) is 91.0 Å². The number of ether oxygens (including phenoxy) is 11. The van der Waals surface area contributed by atoms with E-state index >= 15 is 0 Å². The van der Waals surface area contributed by atoms with Crippen LogP contribution in [0, 0.1) is 56.2 Å². The Morgan fingerprint density at radius 1 is 0.465 bits per heavy atom. The molecule has 2 heterocycles. The normalized spacial score (nSPS) is 39.9. The van der Waals surface area contributed by atoms with E-state index in [2.05, 4.69) is 55.4 Å². The van der Waals surface area contributed by atoms with E-state index in [1.807, 2.05) is 91.0 Å². The molecular formula is C71H98O15. The highest BCUT2D eigenvalue weighted by molar-refractivity contribution is 5.68. The van der Waals surface area contributed by atoms with Crippen LogP contribution in [-0.4, -0.2) is 105 Å². The average molecular weight is 1190 g/mol. The molecule has 0 radical (unpaired) electrons. The van der Waals surface area contributed by atoms with Crippen molar-refractivity contribution >= 4 is 23.9 Å². The molecule has 5 saturated carbocycles. The number of hydrogen-bond acceptors (Lipinski definition) is 15. The first-order valence-corrected chi connectivity index (χ1v) is 32.1. The summed E-state index contributed by atoms with van der Waals surface area (Å²) in [4.78, 5) is 51.7. The Kier molecular flexibility index (Phi) is 19.4. The standard InChI is InChI=1S/C71H98O15/c1-44-52(28-29-55-68(44,9)31-30-56-69(55,10)35-37-71(12)57-38-66(6,7)32-33-67(57,8)34-36-70(56,71)11)83-64-62(86-65-63(82-48(5)75)61(81-47(4)74)59(80-46(3)73)54(85-65)43-77-45(2)72)60(79-41-51-26-20-15-21-27-51)58(78-40-50-24-18-14-19-25-50)53(84-64)42-76-39-49-22-16-13-17-23-49/h13-27,44,52-65H,28-43H2,1-12H3/t44-,52-,53+,54+,55+,56-,57+,58+,59-,60-,61-,62+,63+,64-,65-,67+,68+,69-,70+,71-/m0/s1. The second-order valence-electron chi connectivity index (χ2n) is 28.8. The molecule has 86 heavy (non-hydrogen) atoms. The van der Waals surface area contributed by atoms with Crippen LogP contribution in [0.25, 0.3) is 0 Å². The number of fused-ring (bicyclic) bond motifs is 7. The monoisotopic (exact) mass is 1190 g/mol. The van der Waals surface area contributed by atoms with Crippen molar-refractivity contribution in [1.29, 1.82) is 0 Å². The smallest absolute Gasteiger partial charge is 0.303 e. The molecule has 0 N–H and O–H groups in total. The van der Waals surface area contributed by atoms with Gasteiger partial charge >= 0.3 is 23.9 Å². The highest BCUT2D eigenvalue weighted by atomic mass is 16.8. The summed E-state index contributed by atoms with van der Waals surface area (Å²) in [7, 11) is 0. The van der Waals surface area contributed by atoms with Crippen molar-refractivity contribution in [3.8, 4) is 0 Å². The average Bonchev–Trinajstić information content (AvgIpc) is 0.704. The van der Waals surface area contributed by atoms with Crippen molar-refractivity contribution in [3.05, 3.63) is 108 Å². The number of carbonyl (C=O) groups excluding carboxylic acids is 4. The van der Waals surface area contributed by atoms with Crippen LogP contribution in [0.5, 0.6) is 0 Å². The minimum atomic E-state index is -1.59. The maximum atomic E-state index is 13.3. The van der Waals surface area contributed by atoms with Crippen molar-refractivity contribution in [2.45, 2.75) is 241 Å². The van der Waals surface area contributed by atoms with Crippen LogP contribution in [0.4, 0.5) is 0 Å². The minimum absolute atomic E-state index is 0.0763. The SMILES string of the molecule is CC(=O)OC[C@H]1O[C@@H](O[C@H]2[C@@H](O[C@H]3CC[C@@H]4[C@](C)(CC[C@H]5[C@@]4(C)CC[C@@]4(C)[C@@H]6CC(C)(C)CC[C@]6(C)CC[C@]54C)[C@H]3C)O[C@H](COCc3ccccc3)[C@@H](OCc3ccccc3)[C@@H]2OCc2ccccc2)[C@H](OC(C)=O)[C@@H](OC(C)=O)[C@H]1OC(C)=O. The van der Waals surface area contributed by atoms with Gasteiger partial charge in [-0.15, -0.1) is 0 Å². The second kappa shape index (κ2) is 26.0. The Morgan fingerprint density at radius 2 is 0.977 bits per heavy atom. The second-order valence-corrected chi connectivity index (χ2v) is 28.8. The van der Waals surface area contributed by atoms with Gasteiger partial charge in [0.25, 0.3) is 0 Å². The van der Waals surface area contributed by atoms with Gasteiger partial charge in [0, 0.05) is 27.7 Å². The van der Waals surface area contributed by atoms with Crippen molar-refractivity contribution < 1.29 is 71.3 Å². The van der Waals surface area contributed by atoms with Crippen LogP contribution in [0.2, 0.25) is 0 Å². The Bertz CT molecular complexity index is 2800. The summed E-state index contributed by atoms with van der Waals surface area (Å²) in [5.74, 6) is -1.03. The van der Waals surface area contributed by atoms with Crippen molar-refractivity contribution in [2.24, 2.45) is 56.2 Å². The van der Waals surface area contributed by atoms with Gasteiger partial charge in [-0.3, -0.25) is 19.2 Å². The summed E-state index contributed by atoms with van der Waals surface area (Å²) >= 11 is 0. The van der Waals surface area contributed by atoms with E-state index in [9.17, 15) is 19.2 Å². The third-order valence-corrected chi connectivity index (χ3v) is 23.0. The van der Waals surface area contributed by atoms with Crippen LogP contribution in [-0.2, 0) is 91.1 Å². The summed E-state index contributed by atoms with van der Waals surface area (Å²) in [5.41, 5.74) is 4.09. The Labute approximate surface area is 511 Å². The first-order valence-electron chi connectivity index (χ1n) is 32.1. The van der Waals surface area contributed by atoms with Gasteiger partial charge in [-0.05, 0) is 143 Å². The molecule has 2 saturated heterocycles. The van der Waals surface area contributed by atoms with Gasteiger partial charge in [0.15, 0.2) is 30.9 Å². The lowest BCUT2D eigenvalue weighted by atomic mass is 9.30. The fourth-order valence-corrected chi connectivity index (χ4v) is 18.2. The maximum absolute atomic E-state index is 13.3. The molecule has 10 rings (SSSR count). The first-order chi connectivity index (χ1) is 40.9. The Balaban J connectivity index is 1.03. The van der Waals surface area contributed by atoms with Gasteiger partial charge in [-0.1, -0.05) is 146 Å². The predicted molar refractivity (Wildman–Crippen MR) is 321 cm³/mol. The molecule has 0 spiro atoms. The third-order valence-electron chi connectivity index (χ3n) is 23.0. The zero-order chi connectivity index (χ0) is 61.4. The molecule has 2 aliphatic heterocycles. The lowest BCUT2D eigenvalue weighted by Gasteiger charge is -2.75. The summed E-state index contributed by atoms with van der Waals surface area (Å²) in [6.07, 6.45) is 0.388. The lowest BCUT2D eigenvalue weighted by Crippen LogP contribution is -2.68. The molecule has 3 aromatic carbocycles. The number of rotatable bonds is 19. The summed E-state index contributed by atoms with van der Waals surface area (Å²) < 4.78 is 73.1. The lowest BCUT2D eigenvalue weighted by molar-refractivity contribution is -0.384. The van der Waals surface area contributed by atoms with E-state index in [0.717, 1.165) is 36.0 Å². The predicted octanol–water partition coefficient (Wildman–Crippen LogP) is 12.9.